The molecule has 0 unspecified atom stereocenters. The van der Waals surface area contributed by atoms with Gasteiger partial charge in [0, 0.05) is 44.5 Å². The van der Waals surface area contributed by atoms with Gasteiger partial charge in [-0.15, -0.1) is 0 Å². The van der Waals surface area contributed by atoms with E-state index in [4.69, 9.17) is 9.97 Å². The Labute approximate surface area is 170 Å². The van der Waals surface area contributed by atoms with Crippen LogP contribution >= 0.6 is 0 Å². The second-order valence-corrected chi connectivity index (χ2v) is 7.99. The second kappa shape index (κ2) is 6.69. The molecular weight excluding hydrogens is 358 g/mol. The van der Waals surface area contributed by atoms with E-state index < -0.39 is 0 Å². The SMILES string of the molecule is Cc1ccc(C)c2nc(CCc3nc4c5c(ccc4n3C)N(C)CC=C5)cnc12. The van der Waals surface area contributed by atoms with Crippen LogP contribution in [0.1, 0.15) is 28.2 Å². The van der Waals surface area contributed by atoms with Crippen molar-refractivity contribution < 1.29 is 0 Å². The summed E-state index contributed by atoms with van der Waals surface area (Å²) in [6, 6.07) is 8.61. The van der Waals surface area contributed by atoms with Crippen molar-refractivity contribution in [2.45, 2.75) is 26.7 Å². The first-order valence-corrected chi connectivity index (χ1v) is 10.1. The van der Waals surface area contributed by atoms with Crippen LogP contribution in [0.4, 0.5) is 5.69 Å². The molecule has 146 valence electrons. The summed E-state index contributed by atoms with van der Waals surface area (Å²) < 4.78 is 2.21. The Hall–Kier alpha value is -3.21. The van der Waals surface area contributed by atoms with Crippen LogP contribution in [0.5, 0.6) is 0 Å². The topological polar surface area (TPSA) is 46.8 Å². The van der Waals surface area contributed by atoms with Crippen molar-refractivity contribution in [1.82, 2.24) is 19.5 Å². The molecule has 2 aromatic carbocycles. The molecule has 29 heavy (non-hydrogen) atoms. The van der Waals surface area contributed by atoms with Crippen molar-refractivity contribution in [3.05, 3.63) is 64.7 Å². The lowest BCUT2D eigenvalue weighted by Crippen LogP contribution is -2.20. The highest BCUT2D eigenvalue weighted by Crippen LogP contribution is 2.32. The third kappa shape index (κ3) is 2.89. The summed E-state index contributed by atoms with van der Waals surface area (Å²) in [7, 11) is 4.23. The molecule has 0 saturated heterocycles. The third-order valence-electron chi connectivity index (χ3n) is 5.99. The van der Waals surface area contributed by atoms with Gasteiger partial charge in [-0.25, -0.2) is 9.97 Å². The fourth-order valence-corrected chi connectivity index (χ4v) is 4.22. The first kappa shape index (κ1) is 17.9. The minimum atomic E-state index is 0.825. The lowest BCUT2D eigenvalue weighted by molar-refractivity contribution is 0.775. The summed E-state index contributed by atoms with van der Waals surface area (Å²) in [5.41, 5.74) is 10.1. The number of hydrogen-bond donors (Lipinski definition) is 0. The molecule has 0 spiro atoms. The van der Waals surface area contributed by atoms with Crippen LogP contribution in [0, 0.1) is 13.8 Å². The summed E-state index contributed by atoms with van der Waals surface area (Å²) in [5, 5.41) is 0. The number of likely N-dealkylation sites (N-methyl/N-ethyl adjacent to an activating group) is 1. The Morgan fingerprint density at radius 3 is 2.52 bits per heavy atom. The van der Waals surface area contributed by atoms with Crippen molar-refractivity contribution in [3.8, 4) is 0 Å². The van der Waals surface area contributed by atoms with Gasteiger partial charge in [0.1, 0.15) is 5.82 Å². The Morgan fingerprint density at radius 2 is 1.69 bits per heavy atom. The van der Waals surface area contributed by atoms with E-state index in [1.165, 1.54) is 27.9 Å². The predicted octanol–water partition coefficient (Wildman–Crippen LogP) is 4.38. The van der Waals surface area contributed by atoms with Crippen LogP contribution in [-0.4, -0.2) is 33.1 Å². The summed E-state index contributed by atoms with van der Waals surface area (Å²) in [6.45, 7) is 5.12. The number of rotatable bonds is 3. The van der Waals surface area contributed by atoms with Crippen molar-refractivity contribution >= 4 is 33.8 Å². The zero-order valence-electron chi connectivity index (χ0n) is 17.4. The molecule has 4 aromatic rings. The summed E-state index contributed by atoms with van der Waals surface area (Å²) >= 11 is 0. The van der Waals surface area contributed by atoms with Crippen molar-refractivity contribution in [2.75, 3.05) is 18.5 Å². The number of imidazole rings is 1. The number of hydrogen-bond acceptors (Lipinski definition) is 4. The van der Waals surface area contributed by atoms with Crippen LogP contribution < -0.4 is 4.90 Å². The third-order valence-corrected chi connectivity index (χ3v) is 5.99. The van der Waals surface area contributed by atoms with Crippen LogP contribution in [-0.2, 0) is 19.9 Å². The van der Waals surface area contributed by atoms with Gasteiger partial charge in [-0.1, -0.05) is 24.3 Å². The van der Waals surface area contributed by atoms with Crippen LogP contribution in [0.25, 0.3) is 28.1 Å². The summed E-state index contributed by atoms with van der Waals surface area (Å²) in [6.07, 6.45) is 7.98. The minimum absolute atomic E-state index is 0.825. The Balaban J connectivity index is 1.48. The first-order valence-electron chi connectivity index (χ1n) is 10.1. The second-order valence-electron chi connectivity index (χ2n) is 7.99. The molecule has 1 aliphatic rings. The van der Waals surface area contributed by atoms with Gasteiger partial charge in [-0.05, 0) is 43.5 Å². The fourth-order valence-electron chi connectivity index (χ4n) is 4.22. The van der Waals surface area contributed by atoms with E-state index in [0.29, 0.717) is 0 Å². The molecule has 0 amide bonds. The van der Waals surface area contributed by atoms with Gasteiger partial charge >= 0.3 is 0 Å². The Morgan fingerprint density at radius 1 is 0.897 bits per heavy atom. The molecule has 0 N–H and O–H groups in total. The largest absolute Gasteiger partial charge is 0.370 e. The van der Waals surface area contributed by atoms with Gasteiger partial charge in [-0.3, -0.25) is 4.98 Å². The average molecular weight is 383 g/mol. The maximum absolute atomic E-state index is 5.01. The van der Waals surface area contributed by atoms with Crippen molar-refractivity contribution in [2.24, 2.45) is 7.05 Å². The number of aryl methyl sites for hydroxylation is 5. The van der Waals surface area contributed by atoms with Crippen LogP contribution in [0.3, 0.4) is 0 Å². The molecule has 3 heterocycles. The normalized spacial score (nSPS) is 13.4. The van der Waals surface area contributed by atoms with E-state index in [1.54, 1.807) is 0 Å². The molecule has 0 radical (unpaired) electrons. The number of fused-ring (bicyclic) bond motifs is 4. The smallest absolute Gasteiger partial charge is 0.110 e. The highest BCUT2D eigenvalue weighted by molar-refractivity contribution is 5.93. The lowest BCUT2D eigenvalue weighted by atomic mass is 10.1. The molecule has 0 saturated carbocycles. The van der Waals surface area contributed by atoms with E-state index in [2.05, 4.69) is 78.8 Å². The van der Waals surface area contributed by atoms with E-state index in [-0.39, 0.29) is 0 Å². The highest BCUT2D eigenvalue weighted by atomic mass is 15.1. The molecule has 2 aromatic heterocycles. The predicted molar refractivity (Wildman–Crippen MR) is 119 cm³/mol. The van der Waals surface area contributed by atoms with Gasteiger partial charge in [0.2, 0.25) is 0 Å². The Bertz CT molecular complexity index is 1280. The number of aromatic nitrogens is 4. The van der Waals surface area contributed by atoms with Gasteiger partial charge < -0.3 is 9.47 Å². The summed E-state index contributed by atoms with van der Waals surface area (Å²) in [4.78, 5) is 16.8. The van der Waals surface area contributed by atoms with E-state index >= 15 is 0 Å². The maximum atomic E-state index is 5.01. The van der Waals surface area contributed by atoms with Gasteiger partial charge in [0.25, 0.3) is 0 Å². The molecule has 0 aliphatic carbocycles. The molecule has 1 aliphatic heterocycles. The average Bonchev–Trinajstić information content (AvgIpc) is 3.06. The van der Waals surface area contributed by atoms with Gasteiger partial charge in [0.05, 0.1) is 27.8 Å². The lowest BCUT2D eigenvalue weighted by Gasteiger charge is -2.23. The highest BCUT2D eigenvalue weighted by Gasteiger charge is 2.17. The number of nitrogens with zero attached hydrogens (tertiary/aromatic N) is 5. The molecular formula is C24H25N5. The monoisotopic (exact) mass is 383 g/mol. The molecule has 5 heteroatoms. The van der Waals surface area contributed by atoms with Crippen LogP contribution in [0.15, 0.2) is 36.5 Å². The van der Waals surface area contributed by atoms with E-state index in [9.17, 15) is 0 Å². The zero-order chi connectivity index (χ0) is 20.1. The molecule has 5 nitrogen and oxygen atoms in total. The quantitative estimate of drug-likeness (QED) is 0.527. The first-order chi connectivity index (χ1) is 14.0. The fraction of sp³-hybridized carbons (Fsp3) is 0.292. The van der Waals surface area contributed by atoms with Gasteiger partial charge in [0.15, 0.2) is 0 Å². The van der Waals surface area contributed by atoms with Crippen LogP contribution in [0.2, 0.25) is 0 Å². The summed E-state index contributed by atoms with van der Waals surface area (Å²) in [5.74, 6) is 1.08. The minimum Gasteiger partial charge on any atom is -0.370 e. The molecule has 0 fully saturated rings. The van der Waals surface area contributed by atoms with E-state index in [1.807, 2.05) is 6.20 Å². The maximum Gasteiger partial charge on any atom is 0.110 e. The molecule has 0 bridgehead atoms. The van der Waals surface area contributed by atoms with Crippen molar-refractivity contribution in [1.29, 1.82) is 0 Å². The van der Waals surface area contributed by atoms with Gasteiger partial charge in [-0.2, -0.15) is 0 Å². The molecule has 5 rings (SSSR count). The standard InChI is InChI=1S/C24H25N5/c1-15-7-8-16(2)23-22(15)25-14-17(26-23)9-12-21-27-24-18-6-5-13-28(3)19(18)10-11-20(24)29(21)4/h5-8,10-11,14H,9,12-13H2,1-4H3. The van der Waals surface area contributed by atoms with E-state index in [0.717, 1.165) is 47.5 Å². The Kier molecular flexibility index (Phi) is 4.12. The van der Waals surface area contributed by atoms with Crippen molar-refractivity contribution in [3.63, 3.8) is 0 Å². The molecule has 0 atom stereocenters. The number of anilines is 1. The zero-order valence-corrected chi connectivity index (χ0v) is 17.4. The number of benzene rings is 2.